The maximum absolute atomic E-state index is 6.44. The largest absolute Gasteiger partial charge is 0.455 e. The van der Waals surface area contributed by atoms with Crippen LogP contribution in [0.25, 0.3) is 99.1 Å². The van der Waals surface area contributed by atoms with E-state index >= 15 is 0 Å². The van der Waals surface area contributed by atoms with Crippen LogP contribution in [0.3, 0.4) is 0 Å². The summed E-state index contributed by atoms with van der Waals surface area (Å²) in [5.74, 6) is 0.893. The molecule has 0 aliphatic rings. The van der Waals surface area contributed by atoms with Gasteiger partial charge in [-0.25, -0.2) is 4.98 Å². The quantitative estimate of drug-likeness (QED) is 0.196. The zero-order chi connectivity index (χ0) is 32.1. The highest BCUT2D eigenvalue weighted by Crippen LogP contribution is 2.43. The van der Waals surface area contributed by atoms with Crippen molar-refractivity contribution in [3.05, 3.63) is 164 Å². The minimum Gasteiger partial charge on any atom is -0.455 e. The van der Waals surface area contributed by atoms with Crippen LogP contribution in [-0.4, -0.2) is 14.1 Å². The summed E-state index contributed by atoms with van der Waals surface area (Å²) in [6, 6.07) is 58.1. The second-order valence-corrected chi connectivity index (χ2v) is 12.7. The van der Waals surface area contributed by atoms with Crippen molar-refractivity contribution >= 4 is 76.5 Å². The number of pyridine rings is 1. The molecule has 11 aromatic rings. The number of fused-ring (bicyclic) bond motifs is 11. The second kappa shape index (κ2) is 9.93. The lowest BCUT2D eigenvalue weighted by atomic mass is 9.98. The number of furan rings is 1. The van der Waals surface area contributed by atoms with E-state index in [0.29, 0.717) is 0 Å². The minimum atomic E-state index is 0.893. The highest BCUT2D eigenvalue weighted by molar-refractivity contribution is 6.29. The standard InChI is InChI=1S/C45H27N3O/c1-2-12-28(13-3-1)47-37-21-7-4-15-34(37)43-39(47)25-26-40-44(43)35-16-5-8-22-38(35)48(40)42-27-24-30-29(17-11-20-36(30)46-42)32-18-10-19-33-31-14-6-9-23-41(31)49-45(32)33/h1-27H. The highest BCUT2D eigenvalue weighted by atomic mass is 16.3. The van der Waals surface area contributed by atoms with Gasteiger partial charge in [0, 0.05) is 49.0 Å². The zero-order valence-corrected chi connectivity index (χ0v) is 26.3. The lowest BCUT2D eigenvalue weighted by Crippen LogP contribution is -1.98. The van der Waals surface area contributed by atoms with Crippen molar-refractivity contribution in [3.63, 3.8) is 0 Å². The first-order valence-electron chi connectivity index (χ1n) is 16.6. The smallest absolute Gasteiger partial charge is 0.143 e. The topological polar surface area (TPSA) is 35.9 Å². The molecule has 4 nitrogen and oxygen atoms in total. The Bertz CT molecular complexity index is 3110. The van der Waals surface area contributed by atoms with Crippen LogP contribution < -0.4 is 0 Å². The van der Waals surface area contributed by atoms with E-state index in [1.54, 1.807) is 0 Å². The monoisotopic (exact) mass is 625 g/mol. The Morgan fingerprint density at radius 2 is 1.00 bits per heavy atom. The van der Waals surface area contributed by atoms with Gasteiger partial charge in [-0.05, 0) is 66.2 Å². The molecule has 0 radical (unpaired) electrons. The summed E-state index contributed by atoms with van der Waals surface area (Å²) in [5, 5.41) is 8.30. The van der Waals surface area contributed by atoms with Crippen molar-refractivity contribution in [2.45, 2.75) is 0 Å². The van der Waals surface area contributed by atoms with Crippen LogP contribution in [0.15, 0.2) is 168 Å². The predicted molar refractivity (Wildman–Crippen MR) is 203 cm³/mol. The first-order chi connectivity index (χ1) is 24.3. The van der Waals surface area contributed by atoms with Crippen molar-refractivity contribution in [2.24, 2.45) is 0 Å². The molecular weight excluding hydrogens is 599 g/mol. The Morgan fingerprint density at radius 1 is 0.388 bits per heavy atom. The molecule has 0 unspecified atom stereocenters. The van der Waals surface area contributed by atoms with Crippen LogP contribution in [0.1, 0.15) is 0 Å². The van der Waals surface area contributed by atoms with Gasteiger partial charge in [-0.2, -0.15) is 0 Å². The third-order valence-corrected chi connectivity index (χ3v) is 10.1. The molecule has 7 aromatic carbocycles. The summed E-state index contributed by atoms with van der Waals surface area (Å²) >= 11 is 0. The Kier molecular flexibility index (Phi) is 5.35. The van der Waals surface area contributed by atoms with E-state index in [-0.39, 0.29) is 0 Å². The van der Waals surface area contributed by atoms with Gasteiger partial charge in [0.2, 0.25) is 0 Å². The van der Waals surface area contributed by atoms with Crippen LogP contribution in [0.2, 0.25) is 0 Å². The Balaban J connectivity index is 1.17. The lowest BCUT2D eigenvalue weighted by molar-refractivity contribution is 0.670. The fourth-order valence-electron chi connectivity index (χ4n) is 8.08. The average Bonchev–Trinajstić information content (AvgIpc) is 3.82. The Hall–Kier alpha value is -6.65. The van der Waals surface area contributed by atoms with Crippen molar-refractivity contribution in [1.82, 2.24) is 14.1 Å². The lowest BCUT2D eigenvalue weighted by Gasteiger charge is -2.11. The van der Waals surface area contributed by atoms with Crippen LogP contribution in [0.4, 0.5) is 0 Å². The van der Waals surface area contributed by atoms with Gasteiger partial charge in [0.25, 0.3) is 0 Å². The third-order valence-electron chi connectivity index (χ3n) is 10.1. The van der Waals surface area contributed by atoms with Crippen LogP contribution in [0.5, 0.6) is 0 Å². The molecule has 4 heterocycles. The van der Waals surface area contributed by atoms with Crippen molar-refractivity contribution < 1.29 is 4.42 Å². The predicted octanol–water partition coefficient (Wildman–Crippen LogP) is 12.0. The number of hydrogen-bond acceptors (Lipinski definition) is 2. The van der Waals surface area contributed by atoms with Gasteiger partial charge in [0.15, 0.2) is 0 Å². The van der Waals surface area contributed by atoms with Crippen molar-refractivity contribution in [1.29, 1.82) is 0 Å². The maximum Gasteiger partial charge on any atom is 0.143 e. The SMILES string of the molecule is c1ccc(-n2c3ccccc3c3c4c5ccccc5n(-c5ccc6c(-c7cccc8c7oc7ccccc78)cccc6n5)c4ccc32)cc1. The fraction of sp³-hybridized carbons (Fsp3) is 0. The van der Waals surface area contributed by atoms with Crippen molar-refractivity contribution in [2.75, 3.05) is 0 Å². The molecule has 0 fully saturated rings. The molecule has 0 atom stereocenters. The summed E-state index contributed by atoms with van der Waals surface area (Å²) < 4.78 is 11.1. The van der Waals surface area contributed by atoms with Crippen LogP contribution in [-0.2, 0) is 0 Å². The molecule has 0 N–H and O–H groups in total. The number of para-hydroxylation sites is 5. The van der Waals surface area contributed by atoms with E-state index in [9.17, 15) is 0 Å². The molecule has 4 heteroatoms. The van der Waals surface area contributed by atoms with Crippen molar-refractivity contribution in [3.8, 4) is 22.6 Å². The number of nitrogens with zero attached hydrogens (tertiary/aromatic N) is 3. The molecule has 0 bridgehead atoms. The molecule has 0 saturated heterocycles. The van der Waals surface area contributed by atoms with Gasteiger partial charge >= 0.3 is 0 Å². The Labute approximate surface area is 280 Å². The molecule has 4 aromatic heterocycles. The fourth-order valence-corrected chi connectivity index (χ4v) is 8.08. The van der Waals surface area contributed by atoms with E-state index in [1.807, 2.05) is 12.1 Å². The summed E-state index contributed by atoms with van der Waals surface area (Å²) in [6.45, 7) is 0. The normalized spacial score (nSPS) is 12.1. The number of benzene rings is 7. The average molecular weight is 626 g/mol. The molecular formula is C45H27N3O. The molecule has 0 aliphatic carbocycles. The summed E-state index contributed by atoms with van der Waals surface area (Å²) in [6.07, 6.45) is 0. The number of rotatable bonds is 3. The molecule has 11 rings (SSSR count). The van der Waals surface area contributed by atoms with E-state index in [4.69, 9.17) is 9.40 Å². The van der Waals surface area contributed by atoms with Gasteiger partial charge in [0.1, 0.15) is 17.0 Å². The summed E-state index contributed by atoms with van der Waals surface area (Å²) in [5.41, 5.74) is 10.7. The van der Waals surface area contributed by atoms with Crippen LogP contribution in [0, 0.1) is 0 Å². The third kappa shape index (κ3) is 3.66. The number of aromatic nitrogens is 3. The van der Waals surface area contributed by atoms with Gasteiger partial charge in [0.05, 0.1) is 27.6 Å². The maximum atomic E-state index is 6.44. The van der Waals surface area contributed by atoms with E-state index in [1.165, 1.54) is 32.6 Å². The van der Waals surface area contributed by atoms with E-state index < -0.39 is 0 Å². The second-order valence-electron chi connectivity index (χ2n) is 12.7. The highest BCUT2D eigenvalue weighted by Gasteiger charge is 2.21. The first kappa shape index (κ1) is 26.4. The minimum absolute atomic E-state index is 0.893. The summed E-state index contributed by atoms with van der Waals surface area (Å²) in [4.78, 5) is 5.35. The van der Waals surface area contributed by atoms with Gasteiger partial charge in [-0.15, -0.1) is 0 Å². The molecule has 228 valence electrons. The first-order valence-corrected chi connectivity index (χ1v) is 16.6. The van der Waals surface area contributed by atoms with Crippen LogP contribution >= 0.6 is 0 Å². The van der Waals surface area contributed by atoms with Gasteiger partial charge in [-0.1, -0.05) is 103 Å². The molecule has 0 spiro atoms. The molecule has 0 aliphatic heterocycles. The van der Waals surface area contributed by atoms with Gasteiger partial charge in [-0.3, -0.25) is 4.57 Å². The molecule has 0 amide bonds. The summed E-state index contributed by atoms with van der Waals surface area (Å²) in [7, 11) is 0. The zero-order valence-electron chi connectivity index (χ0n) is 26.3. The van der Waals surface area contributed by atoms with E-state index in [2.05, 4.69) is 161 Å². The Morgan fingerprint density at radius 3 is 1.80 bits per heavy atom. The molecule has 0 saturated carbocycles. The van der Waals surface area contributed by atoms with E-state index in [0.717, 1.165) is 66.5 Å². The van der Waals surface area contributed by atoms with Gasteiger partial charge < -0.3 is 8.98 Å². The number of hydrogen-bond donors (Lipinski definition) is 0. The molecule has 49 heavy (non-hydrogen) atoms.